The highest BCUT2D eigenvalue weighted by Crippen LogP contribution is 2.24. The maximum absolute atomic E-state index is 13.0. The fraction of sp³-hybridized carbons (Fsp3) is 0.556. The molecule has 1 heterocycles. The molecule has 1 atom stereocenters. The fourth-order valence-electron chi connectivity index (χ4n) is 3.02. The lowest BCUT2D eigenvalue weighted by Gasteiger charge is -2.37. The van der Waals surface area contributed by atoms with Crippen molar-refractivity contribution in [3.05, 3.63) is 35.4 Å². The normalized spacial score (nSPS) is 16.2. The van der Waals surface area contributed by atoms with Crippen molar-refractivity contribution in [2.24, 2.45) is 0 Å². The third-order valence-corrected chi connectivity index (χ3v) is 4.35. The lowest BCUT2D eigenvalue weighted by Crippen LogP contribution is -2.53. The second-order valence-corrected chi connectivity index (χ2v) is 6.23. The largest absolute Gasteiger partial charge is 0.450 e. The molecular weight excluding hydrogens is 306 g/mol. The van der Waals surface area contributed by atoms with Crippen LogP contribution in [0.2, 0.25) is 0 Å². The van der Waals surface area contributed by atoms with Crippen LogP contribution in [0.15, 0.2) is 24.3 Å². The average Bonchev–Trinajstić information content (AvgIpc) is 2.57. The quantitative estimate of drug-likeness (QED) is 0.844. The van der Waals surface area contributed by atoms with Crippen LogP contribution >= 0.6 is 0 Å². The molecular formula is C18H27N3O3. The summed E-state index contributed by atoms with van der Waals surface area (Å²) in [5.74, 6) is 0.0813. The van der Waals surface area contributed by atoms with Crippen molar-refractivity contribution in [1.29, 1.82) is 0 Å². The van der Waals surface area contributed by atoms with E-state index < -0.39 is 0 Å². The first-order chi connectivity index (χ1) is 11.5. The highest BCUT2D eigenvalue weighted by molar-refractivity contribution is 5.84. The van der Waals surface area contributed by atoms with Crippen molar-refractivity contribution in [3.8, 4) is 0 Å². The molecule has 0 bridgehead atoms. The summed E-state index contributed by atoms with van der Waals surface area (Å²) in [6, 6.07) is 7.67. The number of carbonyl (C=O) groups is 2. The van der Waals surface area contributed by atoms with Crippen LogP contribution in [-0.2, 0) is 9.53 Å². The summed E-state index contributed by atoms with van der Waals surface area (Å²) in [6.07, 6.45) is -0.298. The van der Waals surface area contributed by atoms with Crippen LogP contribution in [0.1, 0.15) is 24.1 Å². The molecule has 6 heteroatoms. The lowest BCUT2D eigenvalue weighted by atomic mass is 9.99. The number of ether oxygens (including phenoxy) is 1. The van der Waals surface area contributed by atoms with E-state index in [1.165, 1.54) is 0 Å². The van der Waals surface area contributed by atoms with Crippen molar-refractivity contribution in [2.75, 3.05) is 46.9 Å². The van der Waals surface area contributed by atoms with E-state index in [0.717, 1.165) is 11.1 Å². The lowest BCUT2D eigenvalue weighted by molar-refractivity contribution is -0.138. The highest BCUT2D eigenvalue weighted by Gasteiger charge is 2.32. The van der Waals surface area contributed by atoms with Crippen molar-refractivity contribution < 1.29 is 14.3 Å². The monoisotopic (exact) mass is 333 g/mol. The van der Waals surface area contributed by atoms with Gasteiger partial charge in [-0.2, -0.15) is 0 Å². The molecule has 0 saturated carbocycles. The number of nitrogens with zero attached hydrogens (tertiary/aromatic N) is 3. The molecule has 0 spiro atoms. The van der Waals surface area contributed by atoms with Crippen LogP contribution in [0, 0.1) is 6.92 Å². The minimum absolute atomic E-state index is 0.0813. The number of amides is 2. The number of hydrogen-bond acceptors (Lipinski definition) is 4. The second kappa shape index (κ2) is 8.15. The predicted octanol–water partition coefficient (Wildman–Crippen LogP) is 1.90. The molecule has 0 N–H and O–H groups in total. The van der Waals surface area contributed by atoms with Gasteiger partial charge in [-0.05, 0) is 39.1 Å². The standard InChI is InChI=1S/C18H27N3O3/c1-5-24-18(23)21-12-10-20(11-13-21)17(22)16(19(3)4)15-9-7-6-8-14(15)2/h6-9,16H,5,10-13H2,1-4H3/t16-/m0/s1. The van der Waals surface area contributed by atoms with Gasteiger partial charge in [0, 0.05) is 26.2 Å². The molecule has 132 valence electrons. The highest BCUT2D eigenvalue weighted by atomic mass is 16.6. The maximum Gasteiger partial charge on any atom is 0.409 e. The van der Waals surface area contributed by atoms with Gasteiger partial charge in [0.2, 0.25) is 5.91 Å². The van der Waals surface area contributed by atoms with Crippen molar-refractivity contribution in [3.63, 3.8) is 0 Å². The van der Waals surface area contributed by atoms with Gasteiger partial charge < -0.3 is 14.5 Å². The van der Waals surface area contributed by atoms with Crippen molar-refractivity contribution in [2.45, 2.75) is 19.9 Å². The number of piperazine rings is 1. The zero-order valence-corrected chi connectivity index (χ0v) is 15.0. The summed E-state index contributed by atoms with van der Waals surface area (Å²) in [4.78, 5) is 30.3. The first-order valence-corrected chi connectivity index (χ1v) is 8.38. The average molecular weight is 333 g/mol. The van der Waals surface area contributed by atoms with Gasteiger partial charge >= 0.3 is 6.09 Å². The van der Waals surface area contributed by atoms with Gasteiger partial charge in [0.05, 0.1) is 6.61 Å². The van der Waals surface area contributed by atoms with Crippen molar-refractivity contribution >= 4 is 12.0 Å². The Hall–Kier alpha value is -2.08. The van der Waals surface area contributed by atoms with E-state index in [0.29, 0.717) is 32.8 Å². The van der Waals surface area contributed by atoms with E-state index in [1.54, 1.807) is 11.8 Å². The second-order valence-electron chi connectivity index (χ2n) is 6.23. The Labute approximate surface area is 144 Å². The third kappa shape index (κ3) is 4.06. The van der Waals surface area contributed by atoms with Gasteiger partial charge in [-0.25, -0.2) is 4.79 Å². The number of rotatable bonds is 4. The van der Waals surface area contributed by atoms with Gasteiger partial charge in [-0.15, -0.1) is 0 Å². The van der Waals surface area contributed by atoms with Gasteiger partial charge in [-0.1, -0.05) is 24.3 Å². The Morgan fingerprint density at radius 3 is 2.25 bits per heavy atom. The predicted molar refractivity (Wildman–Crippen MR) is 92.8 cm³/mol. The number of hydrogen-bond donors (Lipinski definition) is 0. The minimum Gasteiger partial charge on any atom is -0.450 e. The summed E-state index contributed by atoms with van der Waals surface area (Å²) < 4.78 is 5.02. The fourth-order valence-corrected chi connectivity index (χ4v) is 3.02. The molecule has 1 aliphatic rings. The summed E-state index contributed by atoms with van der Waals surface area (Å²) in [6.45, 7) is 6.28. The molecule has 2 amide bonds. The summed E-state index contributed by atoms with van der Waals surface area (Å²) in [5, 5.41) is 0. The van der Waals surface area contributed by atoms with Crippen LogP contribution in [0.3, 0.4) is 0 Å². The van der Waals surface area contributed by atoms with E-state index >= 15 is 0 Å². The zero-order chi connectivity index (χ0) is 17.7. The Morgan fingerprint density at radius 1 is 1.12 bits per heavy atom. The summed E-state index contributed by atoms with van der Waals surface area (Å²) in [5.41, 5.74) is 2.13. The summed E-state index contributed by atoms with van der Waals surface area (Å²) >= 11 is 0. The molecule has 1 aromatic carbocycles. The van der Waals surface area contributed by atoms with E-state index in [-0.39, 0.29) is 18.0 Å². The molecule has 1 aliphatic heterocycles. The van der Waals surface area contributed by atoms with Crippen LogP contribution in [-0.4, -0.2) is 73.6 Å². The molecule has 2 rings (SSSR count). The molecule has 0 unspecified atom stereocenters. The van der Waals surface area contributed by atoms with E-state index in [4.69, 9.17) is 4.74 Å². The van der Waals surface area contributed by atoms with Crippen molar-refractivity contribution in [1.82, 2.24) is 14.7 Å². The number of aryl methyl sites for hydroxylation is 1. The van der Waals surface area contributed by atoms with Crippen LogP contribution in [0.4, 0.5) is 4.79 Å². The molecule has 1 fully saturated rings. The SMILES string of the molecule is CCOC(=O)N1CCN(C(=O)[C@H](c2ccccc2C)N(C)C)CC1. The maximum atomic E-state index is 13.0. The van der Waals surface area contributed by atoms with Gasteiger partial charge in [0.1, 0.15) is 6.04 Å². The van der Waals surface area contributed by atoms with E-state index in [9.17, 15) is 9.59 Å². The number of carbonyl (C=O) groups excluding carboxylic acids is 2. The summed E-state index contributed by atoms with van der Waals surface area (Å²) in [7, 11) is 3.84. The number of benzene rings is 1. The first kappa shape index (κ1) is 18.3. The van der Waals surface area contributed by atoms with Gasteiger partial charge in [-0.3, -0.25) is 9.69 Å². The van der Waals surface area contributed by atoms with E-state index in [2.05, 4.69) is 0 Å². The van der Waals surface area contributed by atoms with Crippen LogP contribution < -0.4 is 0 Å². The minimum atomic E-state index is -0.305. The molecule has 6 nitrogen and oxygen atoms in total. The molecule has 1 aromatic rings. The third-order valence-electron chi connectivity index (χ3n) is 4.35. The molecule has 0 radical (unpaired) electrons. The Morgan fingerprint density at radius 2 is 1.71 bits per heavy atom. The van der Waals surface area contributed by atoms with E-state index in [1.807, 2.05) is 55.1 Å². The van der Waals surface area contributed by atoms with Gasteiger partial charge in [0.25, 0.3) is 0 Å². The van der Waals surface area contributed by atoms with Crippen LogP contribution in [0.25, 0.3) is 0 Å². The zero-order valence-electron chi connectivity index (χ0n) is 15.0. The Balaban J connectivity index is 2.07. The Bertz CT molecular complexity index is 581. The van der Waals surface area contributed by atoms with Crippen LogP contribution in [0.5, 0.6) is 0 Å². The van der Waals surface area contributed by atoms with Gasteiger partial charge in [0.15, 0.2) is 0 Å². The molecule has 0 aromatic heterocycles. The Kier molecular flexibility index (Phi) is 6.20. The molecule has 24 heavy (non-hydrogen) atoms. The first-order valence-electron chi connectivity index (χ1n) is 8.38. The smallest absolute Gasteiger partial charge is 0.409 e. The molecule has 1 saturated heterocycles. The number of likely N-dealkylation sites (N-methyl/N-ethyl adjacent to an activating group) is 1. The topological polar surface area (TPSA) is 53.1 Å². The molecule has 0 aliphatic carbocycles.